The van der Waals surface area contributed by atoms with Crippen molar-refractivity contribution in [3.8, 4) is 0 Å². The molecule has 21 heavy (non-hydrogen) atoms. The van der Waals surface area contributed by atoms with Crippen molar-refractivity contribution >= 4 is 15.9 Å². The standard InChI is InChI=1S/C14H23N3O3S/c1-4-17(10-14(18)16(2)3)21(19,20)11-13-8-6-5-7-12(13)9-15/h5-8H,4,9-11,15H2,1-3H3. The quantitative estimate of drug-likeness (QED) is 0.789. The van der Waals surface area contributed by atoms with E-state index in [-0.39, 0.29) is 31.3 Å². The van der Waals surface area contributed by atoms with Crippen LogP contribution in [0.5, 0.6) is 0 Å². The molecule has 0 atom stereocenters. The van der Waals surface area contributed by atoms with Crippen LogP contribution in [0.4, 0.5) is 0 Å². The van der Waals surface area contributed by atoms with E-state index in [2.05, 4.69) is 0 Å². The van der Waals surface area contributed by atoms with Gasteiger partial charge in [0.15, 0.2) is 0 Å². The normalized spacial score (nSPS) is 11.7. The van der Waals surface area contributed by atoms with Crippen LogP contribution in [0.15, 0.2) is 24.3 Å². The smallest absolute Gasteiger partial charge is 0.237 e. The van der Waals surface area contributed by atoms with E-state index in [4.69, 9.17) is 5.73 Å². The zero-order valence-electron chi connectivity index (χ0n) is 12.7. The van der Waals surface area contributed by atoms with Gasteiger partial charge in [-0.05, 0) is 11.1 Å². The second-order valence-electron chi connectivity index (χ2n) is 4.94. The summed E-state index contributed by atoms with van der Waals surface area (Å²) in [6.45, 7) is 2.12. The van der Waals surface area contributed by atoms with Crippen molar-refractivity contribution in [1.29, 1.82) is 0 Å². The lowest BCUT2D eigenvalue weighted by atomic mass is 10.1. The Balaban J connectivity index is 2.95. The SMILES string of the molecule is CCN(CC(=O)N(C)C)S(=O)(=O)Cc1ccccc1CN. The molecule has 1 amide bonds. The van der Waals surface area contributed by atoms with E-state index in [9.17, 15) is 13.2 Å². The minimum absolute atomic E-state index is 0.142. The average Bonchev–Trinajstić information content (AvgIpc) is 2.44. The maximum atomic E-state index is 12.5. The fourth-order valence-corrected chi connectivity index (χ4v) is 3.44. The molecule has 0 heterocycles. The molecule has 0 spiro atoms. The molecule has 0 aliphatic heterocycles. The van der Waals surface area contributed by atoms with Crippen molar-refractivity contribution in [2.75, 3.05) is 27.2 Å². The van der Waals surface area contributed by atoms with Crippen molar-refractivity contribution in [1.82, 2.24) is 9.21 Å². The number of carbonyl (C=O) groups is 1. The summed E-state index contributed by atoms with van der Waals surface area (Å²) < 4.78 is 26.1. The molecule has 1 aromatic rings. The summed E-state index contributed by atoms with van der Waals surface area (Å²) in [4.78, 5) is 13.1. The van der Waals surface area contributed by atoms with Crippen LogP contribution >= 0.6 is 0 Å². The number of nitrogens with two attached hydrogens (primary N) is 1. The number of sulfonamides is 1. The van der Waals surface area contributed by atoms with Crippen LogP contribution in [-0.4, -0.2) is 50.7 Å². The van der Waals surface area contributed by atoms with Gasteiger partial charge in [-0.3, -0.25) is 4.79 Å². The number of hydrogen-bond donors (Lipinski definition) is 1. The van der Waals surface area contributed by atoms with E-state index in [1.807, 2.05) is 12.1 Å². The third kappa shape index (κ3) is 4.80. The van der Waals surface area contributed by atoms with Gasteiger partial charge in [0.2, 0.25) is 15.9 Å². The van der Waals surface area contributed by atoms with Crippen molar-refractivity contribution in [3.63, 3.8) is 0 Å². The fraction of sp³-hybridized carbons (Fsp3) is 0.500. The molecule has 0 aromatic heterocycles. The van der Waals surface area contributed by atoms with Crippen LogP contribution in [-0.2, 0) is 27.1 Å². The van der Waals surface area contributed by atoms with Gasteiger partial charge in [0.25, 0.3) is 0 Å². The summed E-state index contributed by atoms with van der Waals surface area (Å²) in [6, 6.07) is 7.17. The first-order valence-electron chi connectivity index (χ1n) is 6.76. The van der Waals surface area contributed by atoms with Crippen molar-refractivity contribution in [2.24, 2.45) is 5.73 Å². The maximum absolute atomic E-state index is 12.5. The topological polar surface area (TPSA) is 83.7 Å². The van der Waals surface area contributed by atoms with Gasteiger partial charge in [0.05, 0.1) is 12.3 Å². The molecule has 118 valence electrons. The largest absolute Gasteiger partial charge is 0.348 e. The summed E-state index contributed by atoms with van der Waals surface area (Å²) in [5.41, 5.74) is 7.11. The molecule has 1 aromatic carbocycles. The maximum Gasteiger partial charge on any atom is 0.237 e. The van der Waals surface area contributed by atoms with Gasteiger partial charge < -0.3 is 10.6 Å². The Labute approximate surface area is 126 Å². The number of likely N-dealkylation sites (N-methyl/N-ethyl adjacent to an activating group) is 2. The van der Waals surface area contributed by atoms with Gasteiger partial charge in [-0.15, -0.1) is 0 Å². The molecular formula is C14H23N3O3S. The van der Waals surface area contributed by atoms with E-state index in [0.29, 0.717) is 5.56 Å². The van der Waals surface area contributed by atoms with Crippen LogP contribution in [0.25, 0.3) is 0 Å². The van der Waals surface area contributed by atoms with Gasteiger partial charge in [-0.1, -0.05) is 31.2 Å². The van der Waals surface area contributed by atoms with Crippen molar-refractivity contribution in [3.05, 3.63) is 35.4 Å². The number of amides is 1. The van der Waals surface area contributed by atoms with Crippen LogP contribution < -0.4 is 5.73 Å². The van der Waals surface area contributed by atoms with E-state index in [1.54, 1.807) is 33.2 Å². The van der Waals surface area contributed by atoms with Crippen LogP contribution in [0.1, 0.15) is 18.1 Å². The second kappa shape index (κ2) is 7.53. The number of nitrogens with zero attached hydrogens (tertiary/aromatic N) is 2. The third-order valence-corrected chi connectivity index (χ3v) is 5.08. The van der Waals surface area contributed by atoms with E-state index < -0.39 is 10.0 Å². The highest BCUT2D eigenvalue weighted by Gasteiger charge is 2.24. The first-order valence-corrected chi connectivity index (χ1v) is 8.37. The van der Waals surface area contributed by atoms with E-state index in [1.165, 1.54) is 9.21 Å². The fourth-order valence-electron chi connectivity index (χ4n) is 1.88. The Morgan fingerprint density at radius 3 is 2.24 bits per heavy atom. The summed E-state index contributed by atoms with van der Waals surface area (Å²) >= 11 is 0. The molecule has 7 heteroatoms. The lowest BCUT2D eigenvalue weighted by molar-refractivity contribution is -0.128. The molecule has 0 saturated heterocycles. The Morgan fingerprint density at radius 2 is 1.76 bits per heavy atom. The minimum Gasteiger partial charge on any atom is -0.348 e. The Kier molecular flexibility index (Phi) is 6.32. The molecular weight excluding hydrogens is 290 g/mol. The zero-order valence-corrected chi connectivity index (χ0v) is 13.6. The van der Waals surface area contributed by atoms with Crippen LogP contribution in [0, 0.1) is 0 Å². The highest BCUT2D eigenvalue weighted by molar-refractivity contribution is 7.88. The van der Waals surface area contributed by atoms with Gasteiger partial charge >= 0.3 is 0 Å². The Bertz CT molecular complexity index is 585. The molecule has 0 fully saturated rings. The van der Waals surface area contributed by atoms with Crippen molar-refractivity contribution in [2.45, 2.75) is 19.2 Å². The number of benzene rings is 1. The monoisotopic (exact) mass is 313 g/mol. The second-order valence-corrected chi connectivity index (χ2v) is 6.91. The van der Waals surface area contributed by atoms with Gasteiger partial charge in [-0.2, -0.15) is 4.31 Å². The summed E-state index contributed by atoms with van der Waals surface area (Å²) in [5.74, 6) is -0.387. The Morgan fingerprint density at radius 1 is 1.19 bits per heavy atom. The molecule has 2 N–H and O–H groups in total. The molecule has 0 aliphatic rings. The zero-order chi connectivity index (χ0) is 16.0. The molecule has 6 nitrogen and oxygen atoms in total. The molecule has 0 saturated carbocycles. The first kappa shape index (κ1) is 17.6. The van der Waals surface area contributed by atoms with E-state index in [0.717, 1.165) is 5.56 Å². The highest BCUT2D eigenvalue weighted by atomic mass is 32.2. The Hall–Kier alpha value is -1.44. The van der Waals surface area contributed by atoms with Crippen molar-refractivity contribution < 1.29 is 13.2 Å². The molecule has 0 bridgehead atoms. The summed E-state index contributed by atoms with van der Waals surface area (Å²) in [7, 11) is -0.349. The average molecular weight is 313 g/mol. The van der Waals surface area contributed by atoms with E-state index >= 15 is 0 Å². The lowest BCUT2D eigenvalue weighted by Gasteiger charge is -2.22. The predicted molar refractivity (Wildman–Crippen MR) is 82.9 cm³/mol. The van der Waals surface area contributed by atoms with Gasteiger partial charge in [0, 0.05) is 27.2 Å². The lowest BCUT2D eigenvalue weighted by Crippen LogP contribution is -2.40. The first-order chi connectivity index (χ1) is 9.81. The molecule has 0 aliphatic carbocycles. The summed E-state index contributed by atoms with van der Waals surface area (Å²) in [5, 5.41) is 0. The molecule has 0 radical (unpaired) electrons. The third-order valence-electron chi connectivity index (χ3n) is 3.23. The number of rotatable bonds is 7. The number of hydrogen-bond acceptors (Lipinski definition) is 4. The minimum atomic E-state index is -3.56. The van der Waals surface area contributed by atoms with Crippen LogP contribution in [0.3, 0.4) is 0 Å². The van der Waals surface area contributed by atoms with Gasteiger partial charge in [-0.25, -0.2) is 8.42 Å². The van der Waals surface area contributed by atoms with Gasteiger partial charge in [0.1, 0.15) is 0 Å². The predicted octanol–water partition coefficient (Wildman–Crippen LogP) is 0.385. The molecule has 1 rings (SSSR count). The molecule has 0 unspecified atom stereocenters. The number of carbonyl (C=O) groups excluding carboxylic acids is 1. The van der Waals surface area contributed by atoms with Crippen LogP contribution in [0.2, 0.25) is 0 Å². The highest BCUT2D eigenvalue weighted by Crippen LogP contribution is 2.15. The summed E-state index contributed by atoms with van der Waals surface area (Å²) in [6.07, 6.45) is 0.